The van der Waals surface area contributed by atoms with Gasteiger partial charge in [-0.1, -0.05) is 0 Å². The molecule has 14 heavy (non-hydrogen) atoms. The Labute approximate surface area is 77.9 Å². The van der Waals surface area contributed by atoms with Crippen molar-refractivity contribution in [2.24, 2.45) is 0 Å². The summed E-state index contributed by atoms with van der Waals surface area (Å²) in [6, 6.07) is 0. The first-order chi connectivity index (χ1) is 6.34. The summed E-state index contributed by atoms with van der Waals surface area (Å²) in [5.41, 5.74) is -0.586. The first-order valence-corrected chi connectivity index (χ1v) is 3.40. The highest BCUT2D eigenvalue weighted by molar-refractivity contribution is 5.86. The van der Waals surface area contributed by atoms with E-state index in [9.17, 15) is 14.4 Å². The van der Waals surface area contributed by atoms with Gasteiger partial charge in [0, 0.05) is 6.08 Å². The zero-order valence-electron chi connectivity index (χ0n) is 6.88. The number of rotatable bonds is 5. The number of aliphatic hydroxyl groups is 1. The van der Waals surface area contributed by atoms with Crippen molar-refractivity contribution in [3.05, 3.63) is 11.6 Å². The number of aliphatic hydroxyl groups excluding tert-OH is 1. The molecule has 0 aliphatic heterocycles. The van der Waals surface area contributed by atoms with Gasteiger partial charge in [0.2, 0.25) is 0 Å². The molecule has 7 heteroatoms. The second kappa shape index (κ2) is 4.97. The molecule has 0 aromatic rings. The number of carbonyl (C=O) groups is 3. The molecule has 0 saturated heterocycles. The monoisotopic (exact) mass is 204 g/mol. The summed E-state index contributed by atoms with van der Waals surface area (Å²) >= 11 is 0. The van der Waals surface area contributed by atoms with Gasteiger partial charge in [-0.2, -0.15) is 0 Å². The Morgan fingerprint density at radius 1 is 1.14 bits per heavy atom. The van der Waals surface area contributed by atoms with E-state index in [1.54, 1.807) is 0 Å². The third-order valence-corrected chi connectivity index (χ3v) is 1.25. The summed E-state index contributed by atoms with van der Waals surface area (Å²) in [4.78, 5) is 30.6. The van der Waals surface area contributed by atoms with Crippen LogP contribution in [0.15, 0.2) is 11.6 Å². The molecule has 0 aromatic heterocycles. The largest absolute Gasteiger partial charge is 0.481 e. The molecule has 0 radical (unpaired) electrons. The minimum absolute atomic E-state index is 0.368. The van der Waals surface area contributed by atoms with Gasteiger partial charge in [0.05, 0.1) is 6.42 Å². The van der Waals surface area contributed by atoms with Crippen molar-refractivity contribution in [2.75, 3.05) is 0 Å². The Morgan fingerprint density at radius 2 is 1.64 bits per heavy atom. The maximum atomic E-state index is 10.2. The third-order valence-electron chi connectivity index (χ3n) is 1.25. The molecular weight excluding hydrogens is 196 g/mol. The van der Waals surface area contributed by atoms with E-state index in [1.807, 2.05) is 0 Å². The highest BCUT2D eigenvalue weighted by Crippen LogP contribution is 2.08. The van der Waals surface area contributed by atoms with Crippen LogP contribution in [0.25, 0.3) is 0 Å². The first-order valence-electron chi connectivity index (χ1n) is 3.40. The number of carboxylic acids is 3. The van der Waals surface area contributed by atoms with Crippen LogP contribution in [0.4, 0.5) is 0 Å². The average Bonchev–Trinajstić information content (AvgIpc) is 1.99. The van der Waals surface area contributed by atoms with E-state index in [0.29, 0.717) is 6.08 Å². The average molecular weight is 204 g/mol. The van der Waals surface area contributed by atoms with Crippen LogP contribution >= 0.6 is 0 Å². The standard InChI is InChI=1S/C7H8O7/c8-4(9)1-3(2-5(10)11)6(12)7(13)14/h1,6,12H,2H2,(H,8,9)(H,10,11)(H,13,14)/b3-1-/t6-/m0/s1. The van der Waals surface area contributed by atoms with Gasteiger partial charge in [-0.15, -0.1) is 0 Å². The number of hydrogen-bond acceptors (Lipinski definition) is 4. The molecule has 0 amide bonds. The molecule has 0 rings (SSSR count). The molecule has 0 heterocycles. The van der Waals surface area contributed by atoms with Crippen molar-refractivity contribution in [3.8, 4) is 0 Å². The topological polar surface area (TPSA) is 132 Å². The summed E-state index contributed by atoms with van der Waals surface area (Å²) in [6.07, 6.45) is -2.57. The zero-order chi connectivity index (χ0) is 11.3. The number of aliphatic carboxylic acids is 3. The molecule has 0 aromatic carbocycles. The lowest BCUT2D eigenvalue weighted by molar-refractivity contribution is -0.144. The van der Waals surface area contributed by atoms with Crippen molar-refractivity contribution in [1.29, 1.82) is 0 Å². The van der Waals surface area contributed by atoms with E-state index < -0.39 is 36.0 Å². The normalized spacial score (nSPS) is 13.4. The smallest absolute Gasteiger partial charge is 0.336 e. The maximum absolute atomic E-state index is 10.2. The molecule has 1 atom stereocenters. The van der Waals surface area contributed by atoms with Crippen molar-refractivity contribution in [1.82, 2.24) is 0 Å². The summed E-state index contributed by atoms with van der Waals surface area (Å²) in [6.45, 7) is 0. The fourth-order valence-electron chi connectivity index (χ4n) is 0.718. The second-order valence-electron chi connectivity index (χ2n) is 2.37. The predicted molar refractivity (Wildman–Crippen MR) is 41.6 cm³/mol. The fraction of sp³-hybridized carbons (Fsp3) is 0.286. The molecule has 0 aliphatic carbocycles. The van der Waals surface area contributed by atoms with Gasteiger partial charge in [0.25, 0.3) is 0 Å². The zero-order valence-corrected chi connectivity index (χ0v) is 6.88. The minimum Gasteiger partial charge on any atom is -0.481 e. The van der Waals surface area contributed by atoms with Crippen LogP contribution in [0.3, 0.4) is 0 Å². The molecule has 0 unspecified atom stereocenters. The predicted octanol–water partition coefficient (Wildman–Crippen LogP) is -1.08. The Balaban J connectivity index is 4.81. The Kier molecular flexibility index (Phi) is 4.30. The second-order valence-corrected chi connectivity index (χ2v) is 2.37. The Bertz CT molecular complexity index is 290. The van der Waals surface area contributed by atoms with Crippen LogP contribution in [-0.2, 0) is 14.4 Å². The van der Waals surface area contributed by atoms with Crippen LogP contribution in [0, 0.1) is 0 Å². The van der Waals surface area contributed by atoms with E-state index in [0.717, 1.165) is 0 Å². The van der Waals surface area contributed by atoms with Crippen molar-refractivity contribution in [3.63, 3.8) is 0 Å². The third kappa shape index (κ3) is 4.21. The van der Waals surface area contributed by atoms with Gasteiger partial charge >= 0.3 is 17.9 Å². The van der Waals surface area contributed by atoms with Gasteiger partial charge in [0.15, 0.2) is 6.10 Å². The van der Waals surface area contributed by atoms with Crippen molar-refractivity contribution >= 4 is 17.9 Å². The lowest BCUT2D eigenvalue weighted by Gasteiger charge is -2.07. The molecular formula is C7H8O7. The number of hydrogen-bond donors (Lipinski definition) is 4. The summed E-state index contributed by atoms with van der Waals surface area (Å²) in [7, 11) is 0. The van der Waals surface area contributed by atoms with Crippen molar-refractivity contribution in [2.45, 2.75) is 12.5 Å². The number of carboxylic acid groups (broad SMARTS) is 3. The van der Waals surface area contributed by atoms with E-state index >= 15 is 0 Å². The lowest BCUT2D eigenvalue weighted by atomic mass is 10.1. The van der Waals surface area contributed by atoms with Crippen LogP contribution in [0.1, 0.15) is 6.42 Å². The van der Waals surface area contributed by atoms with Gasteiger partial charge in [-0.3, -0.25) is 4.79 Å². The maximum Gasteiger partial charge on any atom is 0.336 e. The first kappa shape index (κ1) is 12.1. The SMILES string of the molecule is O=C(O)/C=C(/CC(=O)O)[C@H](O)C(=O)O. The molecule has 0 saturated carbocycles. The van der Waals surface area contributed by atoms with Crippen LogP contribution in [0.5, 0.6) is 0 Å². The Morgan fingerprint density at radius 3 is 1.93 bits per heavy atom. The molecule has 0 bridgehead atoms. The minimum atomic E-state index is -2.11. The van der Waals surface area contributed by atoms with E-state index in [4.69, 9.17) is 20.4 Å². The van der Waals surface area contributed by atoms with Gasteiger partial charge < -0.3 is 20.4 Å². The highest BCUT2D eigenvalue weighted by Gasteiger charge is 2.21. The summed E-state index contributed by atoms with van der Waals surface area (Å²) in [5, 5.41) is 33.7. The van der Waals surface area contributed by atoms with E-state index in [2.05, 4.69) is 0 Å². The van der Waals surface area contributed by atoms with Gasteiger partial charge in [-0.05, 0) is 5.57 Å². The molecule has 7 nitrogen and oxygen atoms in total. The molecule has 4 N–H and O–H groups in total. The quantitative estimate of drug-likeness (QED) is 0.418. The van der Waals surface area contributed by atoms with Crippen LogP contribution in [-0.4, -0.2) is 44.4 Å². The van der Waals surface area contributed by atoms with E-state index in [1.165, 1.54) is 0 Å². The molecule has 78 valence electrons. The van der Waals surface area contributed by atoms with E-state index in [-0.39, 0.29) is 0 Å². The van der Waals surface area contributed by atoms with Crippen LogP contribution < -0.4 is 0 Å². The fourth-order valence-corrected chi connectivity index (χ4v) is 0.718. The highest BCUT2D eigenvalue weighted by atomic mass is 16.4. The molecule has 0 fully saturated rings. The molecule has 0 aliphatic rings. The van der Waals surface area contributed by atoms with Gasteiger partial charge in [0.1, 0.15) is 0 Å². The lowest BCUT2D eigenvalue weighted by Crippen LogP contribution is -2.24. The summed E-state index contributed by atoms with van der Waals surface area (Å²) in [5.74, 6) is -4.63. The van der Waals surface area contributed by atoms with Crippen molar-refractivity contribution < 1.29 is 34.8 Å². The van der Waals surface area contributed by atoms with Gasteiger partial charge in [-0.25, -0.2) is 9.59 Å². The molecule has 0 spiro atoms. The van der Waals surface area contributed by atoms with Crippen LogP contribution in [0.2, 0.25) is 0 Å². The Hall–Kier alpha value is -1.89. The summed E-state index contributed by atoms with van der Waals surface area (Å²) < 4.78 is 0.